The first-order valence-corrected chi connectivity index (χ1v) is 10.9. The number of aliphatic hydroxyl groups is 1. The van der Waals surface area contributed by atoms with Crippen molar-refractivity contribution in [1.82, 2.24) is 9.88 Å². The molecule has 1 aromatic heterocycles. The summed E-state index contributed by atoms with van der Waals surface area (Å²) in [5.41, 5.74) is 2.73. The van der Waals surface area contributed by atoms with Gasteiger partial charge in [-0.25, -0.2) is 0 Å². The van der Waals surface area contributed by atoms with E-state index in [4.69, 9.17) is 4.74 Å². The maximum absolute atomic E-state index is 11.7. The molecule has 0 spiro atoms. The number of pyridine rings is 1. The van der Waals surface area contributed by atoms with Crippen LogP contribution in [0.5, 0.6) is 5.75 Å². The van der Waals surface area contributed by atoms with Gasteiger partial charge in [0.15, 0.2) is 0 Å². The molecule has 0 radical (unpaired) electrons. The molecule has 2 aromatic rings. The Balaban J connectivity index is 1.59. The smallest absolute Gasteiger partial charge is 0.123 e. The first-order valence-electron chi connectivity index (χ1n) is 10.9. The number of fused-ring (bicyclic) bond motifs is 2. The number of benzene rings is 1. The lowest BCUT2D eigenvalue weighted by Gasteiger charge is -2.52. The van der Waals surface area contributed by atoms with Gasteiger partial charge in [-0.05, 0) is 42.0 Å². The Hall–Kier alpha value is -1.91. The SMILES string of the molecule is COc1ccc(C(C)(C)C)cc1CN1CC2CCCC(C1)C2(O)c1ccccn1. The van der Waals surface area contributed by atoms with Crippen LogP contribution in [-0.4, -0.2) is 35.2 Å². The second-order valence-electron chi connectivity index (χ2n) is 9.84. The van der Waals surface area contributed by atoms with E-state index < -0.39 is 5.60 Å². The summed E-state index contributed by atoms with van der Waals surface area (Å²) >= 11 is 0. The predicted molar refractivity (Wildman–Crippen MR) is 116 cm³/mol. The van der Waals surface area contributed by atoms with E-state index in [2.05, 4.69) is 48.9 Å². The summed E-state index contributed by atoms with van der Waals surface area (Å²) in [5, 5.41) is 11.7. The number of hydrogen-bond acceptors (Lipinski definition) is 4. The van der Waals surface area contributed by atoms with Crippen molar-refractivity contribution in [3.63, 3.8) is 0 Å². The highest BCUT2D eigenvalue weighted by Crippen LogP contribution is 2.49. The molecular weight excluding hydrogens is 360 g/mol. The molecule has 1 aromatic carbocycles. The van der Waals surface area contributed by atoms with E-state index in [-0.39, 0.29) is 17.3 Å². The van der Waals surface area contributed by atoms with Crippen LogP contribution in [-0.2, 0) is 17.6 Å². The molecule has 1 saturated carbocycles. The molecule has 4 nitrogen and oxygen atoms in total. The molecule has 2 heterocycles. The van der Waals surface area contributed by atoms with E-state index in [1.165, 1.54) is 17.5 Å². The van der Waals surface area contributed by atoms with Gasteiger partial charge in [-0.2, -0.15) is 0 Å². The Morgan fingerprint density at radius 3 is 2.45 bits per heavy atom. The van der Waals surface area contributed by atoms with Gasteiger partial charge in [-0.15, -0.1) is 0 Å². The lowest BCUT2D eigenvalue weighted by molar-refractivity contribution is -0.151. The van der Waals surface area contributed by atoms with Gasteiger partial charge in [0.2, 0.25) is 0 Å². The molecule has 2 atom stereocenters. The number of hydrogen-bond donors (Lipinski definition) is 1. The molecular formula is C25H34N2O2. The number of piperidine rings is 1. The van der Waals surface area contributed by atoms with Crippen molar-refractivity contribution in [1.29, 1.82) is 0 Å². The van der Waals surface area contributed by atoms with Crippen LogP contribution in [0.25, 0.3) is 0 Å². The van der Waals surface area contributed by atoms with E-state index in [1.54, 1.807) is 13.3 Å². The fourth-order valence-electron chi connectivity index (χ4n) is 5.30. The van der Waals surface area contributed by atoms with Crippen molar-refractivity contribution in [2.45, 2.75) is 57.6 Å². The van der Waals surface area contributed by atoms with Gasteiger partial charge in [0.25, 0.3) is 0 Å². The molecule has 4 heteroatoms. The average molecular weight is 395 g/mol. The second-order valence-corrected chi connectivity index (χ2v) is 9.84. The van der Waals surface area contributed by atoms with Gasteiger partial charge in [-0.1, -0.05) is 45.4 Å². The molecule has 4 rings (SSSR count). The number of nitrogens with zero attached hydrogens (tertiary/aromatic N) is 2. The molecule has 156 valence electrons. The van der Waals surface area contributed by atoms with Crippen LogP contribution in [0.3, 0.4) is 0 Å². The predicted octanol–water partition coefficient (Wildman–Crippen LogP) is 4.51. The van der Waals surface area contributed by atoms with Crippen LogP contribution in [0.1, 0.15) is 56.9 Å². The molecule has 2 unspecified atom stereocenters. The van der Waals surface area contributed by atoms with Crippen LogP contribution in [0, 0.1) is 11.8 Å². The van der Waals surface area contributed by atoms with E-state index in [0.29, 0.717) is 0 Å². The summed E-state index contributed by atoms with van der Waals surface area (Å²) in [4.78, 5) is 7.05. The number of methoxy groups -OCH3 is 1. The summed E-state index contributed by atoms with van der Waals surface area (Å²) in [6, 6.07) is 12.5. The first kappa shape index (κ1) is 20.4. The standard InChI is InChI=1S/C25H34N2O2/c1-24(2,3)19-11-12-22(29-4)18(14-19)15-27-16-20-8-7-9-21(17-27)25(20,28)23-10-5-6-13-26-23/h5-6,10-14,20-21,28H,7-9,15-17H2,1-4H3. The van der Waals surface area contributed by atoms with Gasteiger partial charge in [0, 0.05) is 43.2 Å². The fourth-order valence-corrected chi connectivity index (χ4v) is 5.30. The highest BCUT2D eigenvalue weighted by atomic mass is 16.5. The minimum absolute atomic E-state index is 0.110. The molecule has 2 aliphatic rings. The molecule has 1 N–H and O–H groups in total. The molecule has 1 aliphatic carbocycles. The van der Waals surface area contributed by atoms with Crippen LogP contribution in [0.2, 0.25) is 0 Å². The summed E-state index contributed by atoms with van der Waals surface area (Å²) in [7, 11) is 1.75. The van der Waals surface area contributed by atoms with Crippen molar-refractivity contribution < 1.29 is 9.84 Å². The third kappa shape index (κ3) is 3.80. The van der Waals surface area contributed by atoms with Crippen molar-refractivity contribution in [3.05, 3.63) is 59.4 Å². The van der Waals surface area contributed by atoms with Gasteiger partial charge in [0.05, 0.1) is 12.8 Å². The van der Waals surface area contributed by atoms with Gasteiger partial charge < -0.3 is 9.84 Å². The maximum Gasteiger partial charge on any atom is 0.123 e. The van der Waals surface area contributed by atoms with Crippen molar-refractivity contribution in [2.24, 2.45) is 11.8 Å². The Kier molecular flexibility index (Phi) is 5.43. The minimum atomic E-state index is -0.798. The van der Waals surface area contributed by atoms with Gasteiger partial charge in [-0.3, -0.25) is 9.88 Å². The van der Waals surface area contributed by atoms with E-state index >= 15 is 0 Å². The van der Waals surface area contributed by atoms with E-state index in [0.717, 1.165) is 43.9 Å². The molecule has 1 saturated heterocycles. The Morgan fingerprint density at radius 2 is 1.86 bits per heavy atom. The summed E-state index contributed by atoms with van der Waals surface area (Å²) in [5.74, 6) is 1.40. The maximum atomic E-state index is 11.7. The summed E-state index contributed by atoms with van der Waals surface area (Å²) in [6.45, 7) is 9.39. The number of ether oxygens (including phenoxy) is 1. The zero-order valence-electron chi connectivity index (χ0n) is 18.2. The van der Waals surface area contributed by atoms with Crippen LogP contribution in [0.4, 0.5) is 0 Å². The fraction of sp³-hybridized carbons (Fsp3) is 0.560. The third-order valence-electron chi connectivity index (χ3n) is 6.92. The normalized spacial score (nSPS) is 27.6. The van der Waals surface area contributed by atoms with Crippen LogP contribution >= 0.6 is 0 Å². The largest absolute Gasteiger partial charge is 0.496 e. The topological polar surface area (TPSA) is 45.6 Å². The molecule has 2 fully saturated rings. The van der Waals surface area contributed by atoms with Crippen LogP contribution in [0.15, 0.2) is 42.6 Å². The van der Waals surface area contributed by atoms with E-state index in [9.17, 15) is 5.11 Å². The lowest BCUT2D eigenvalue weighted by Crippen LogP contribution is -2.58. The second kappa shape index (κ2) is 7.73. The Bertz CT molecular complexity index is 830. The first-order chi connectivity index (χ1) is 13.8. The molecule has 2 bridgehead atoms. The monoisotopic (exact) mass is 394 g/mol. The highest BCUT2D eigenvalue weighted by molar-refractivity contribution is 5.40. The van der Waals surface area contributed by atoms with E-state index in [1.807, 2.05) is 18.2 Å². The number of aromatic nitrogens is 1. The Morgan fingerprint density at radius 1 is 1.14 bits per heavy atom. The lowest BCUT2D eigenvalue weighted by atomic mass is 9.64. The minimum Gasteiger partial charge on any atom is -0.496 e. The van der Waals surface area contributed by atoms with Gasteiger partial charge in [0.1, 0.15) is 11.4 Å². The number of rotatable bonds is 4. The van der Waals surface area contributed by atoms with Crippen LogP contribution < -0.4 is 4.74 Å². The molecule has 0 amide bonds. The zero-order chi connectivity index (χ0) is 20.6. The summed E-state index contributed by atoms with van der Waals surface area (Å²) < 4.78 is 5.67. The van der Waals surface area contributed by atoms with Crippen molar-refractivity contribution >= 4 is 0 Å². The molecule has 29 heavy (non-hydrogen) atoms. The quantitative estimate of drug-likeness (QED) is 0.829. The zero-order valence-corrected chi connectivity index (χ0v) is 18.2. The average Bonchev–Trinajstić information content (AvgIpc) is 2.69. The highest BCUT2D eigenvalue weighted by Gasteiger charge is 2.52. The summed E-state index contributed by atoms with van der Waals surface area (Å²) in [6.07, 6.45) is 5.11. The molecule has 1 aliphatic heterocycles. The number of likely N-dealkylation sites (tertiary alicyclic amines) is 1. The van der Waals surface area contributed by atoms with Gasteiger partial charge >= 0.3 is 0 Å². The third-order valence-corrected chi connectivity index (χ3v) is 6.92. The van der Waals surface area contributed by atoms with Crippen molar-refractivity contribution in [3.8, 4) is 5.75 Å². The van der Waals surface area contributed by atoms with Crippen molar-refractivity contribution in [2.75, 3.05) is 20.2 Å². The Labute approximate surface area is 174 Å².